The van der Waals surface area contributed by atoms with Crippen molar-refractivity contribution in [1.82, 2.24) is 4.90 Å². The highest BCUT2D eigenvalue weighted by atomic mass is 19.4. The standard InChI is InChI=1S/C20H15F4NO2/c21-16-8-13(20(22,23)24)6-7-14(16)15-9-19(15)10-17(26)25(18(19)27)11-12-4-2-1-3-5-12/h1-8,15H,9-11H2/t15-,19+/m0/s1. The van der Waals surface area contributed by atoms with Crippen LogP contribution in [0.25, 0.3) is 0 Å². The van der Waals surface area contributed by atoms with Crippen LogP contribution < -0.4 is 0 Å². The molecule has 1 aliphatic heterocycles. The number of carbonyl (C=O) groups excluding carboxylic acids is 2. The normalized spacial score (nSPS) is 24.7. The molecule has 2 amide bonds. The summed E-state index contributed by atoms with van der Waals surface area (Å²) in [5, 5.41) is 0. The third-order valence-corrected chi connectivity index (χ3v) is 5.40. The first-order valence-corrected chi connectivity index (χ1v) is 8.48. The van der Waals surface area contributed by atoms with Crippen molar-refractivity contribution >= 4 is 11.8 Å². The van der Waals surface area contributed by atoms with Crippen LogP contribution in [0.5, 0.6) is 0 Å². The number of amides is 2. The van der Waals surface area contributed by atoms with Crippen molar-refractivity contribution in [1.29, 1.82) is 0 Å². The highest BCUT2D eigenvalue weighted by molar-refractivity contribution is 6.08. The minimum absolute atomic E-state index is 0.0379. The molecular weight excluding hydrogens is 362 g/mol. The Morgan fingerprint density at radius 2 is 1.78 bits per heavy atom. The van der Waals surface area contributed by atoms with Gasteiger partial charge in [-0.15, -0.1) is 0 Å². The monoisotopic (exact) mass is 377 g/mol. The van der Waals surface area contributed by atoms with Crippen LogP contribution in [0.15, 0.2) is 48.5 Å². The number of rotatable bonds is 3. The Labute approximate surface area is 152 Å². The highest BCUT2D eigenvalue weighted by Gasteiger charge is 2.67. The first-order chi connectivity index (χ1) is 12.7. The van der Waals surface area contributed by atoms with Crippen LogP contribution in [0.1, 0.15) is 35.4 Å². The first kappa shape index (κ1) is 17.7. The summed E-state index contributed by atoms with van der Waals surface area (Å²) in [6, 6.07) is 11.4. The molecular formula is C20H15F4NO2. The predicted molar refractivity (Wildman–Crippen MR) is 87.8 cm³/mol. The SMILES string of the molecule is O=C1C[C@@]2(C[C@H]2c2ccc(C(F)(F)F)cc2F)C(=O)N1Cc1ccccc1. The molecule has 2 fully saturated rings. The number of carbonyl (C=O) groups is 2. The van der Waals surface area contributed by atoms with Gasteiger partial charge in [-0.25, -0.2) is 4.39 Å². The summed E-state index contributed by atoms with van der Waals surface area (Å²) in [6.07, 6.45) is -4.40. The Morgan fingerprint density at radius 1 is 1.07 bits per heavy atom. The molecule has 3 nitrogen and oxygen atoms in total. The Balaban J connectivity index is 1.57. The maximum absolute atomic E-state index is 14.3. The van der Waals surface area contributed by atoms with Gasteiger partial charge in [0.1, 0.15) is 5.82 Å². The zero-order valence-electron chi connectivity index (χ0n) is 14.1. The zero-order valence-corrected chi connectivity index (χ0v) is 14.1. The van der Waals surface area contributed by atoms with Crippen molar-refractivity contribution in [3.8, 4) is 0 Å². The maximum Gasteiger partial charge on any atom is 0.416 e. The first-order valence-electron chi connectivity index (χ1n) is 8.48. The summed E-state index contributed by atoms with van der Waals surface area (Å²) in [7, 11) is 0. The van der Waals surface area contributed by atoms with Crippen molar-refractivity contribution < 1.29 is 27.2 Å². The molecule has 1 saturated carbocycles. The van der Waals surface area contributed by atoms with Gasteiger partial charge in [0.15, 0.2) is 0 Å². The van der Waals surface area contributed by atoms with Gasteiger partial charge in [-0.2, -0.15) is 13.2 Å². The number of imide groups is 1. The van der Waals surface area contributed by atoms with Gasteiger partial charge in [0.05, 0.1) is 17.5 Å². The Kier molecular flexibility index (Phi) is 3.87. The molecule has 1 saturated heterocycles. The van der Waals surface area contributed by atoms with E-state index < -0.39 is 28.9 Å². The van der Waals surface area contributed by atoms with E-state index in [1.807, 2.05) is 6.07 Å². The van der Waals surface area contributed by atoms with E-state index in [4.69, 9.17) is 0 Å². The molecule has 0 aromatic heterocycles. The Bertz CT molecular complexity index is 925. The fraction of sp³-hybridized carbons (Fsp3) is 0.300. The van der Waals surface area contributed by atoms with Crippen LogP contribution in [-0.2, 0) is 22.3 Å². The van der Waals surface area contributed by atoms with Gasteiger partial charge in [-0.3, -0.25) is 14.5 Å². The van der Waals surface area contributed by atoms with Crippen LogP contribution in [0.4, 0.5) is 17.6 Å². The van der Waals surface area contributed by atoms with Crippen LogP contribution >= 0.6 is 0 Å². The lowest BCUT2D eigenvalue weighted by Crippen LogP contribution is -2.30. The lowest BCUT2D eigenvalue weighted by Gasteiger charge is -2.15. The topological polar surface area (TPSA) is 37.4 Å². The van der Waals surface area contributed by atoms with Gasteiger partial charge in [0.25, 0.3) is 0 Å². The third kappa shape index (κ3) is 2.91. The summed E-state index contributed by atoms with van der Waals surface area (Å²) >= 11 is 0. The van der Waals surface area contributed by atoms with Gasteiger partial charge < -0.3 is 0 Å². The fourth-order valence-electron chi connectivity index (χ4n) is 3.88. The Hall–Kier alpha value is -2.70. The van der Waals surface area contributed by atoms with Gasteiger partial charge in [0, 0.05) is 12.3 Å². The molecule has 0 N–H and O–H groups in total. The number of hydrogen-bond acceptors (Lipinski definition) is 2. The minimum Gasteiger partial charge on any atom is -0.278 e. The highest BCUT2D eigenvalue weighted by Crippen LogP contribution is 2.65. The van der Waals surface area contributed by atoms with Gasteiger partial charge >= 0.3 is 6.18 Å². The molecule has 2 aromatic rings. The molecule has 1 aliphatic carbocycles. The molecule has 1 spiro atoms. The van der Waals surface area contributed by atoms with E-state index in [-0.39, 0.29) is 36.8 Å². The van der Waals surface area contributed by atoms with E-state index in [1.165, 1.54) is 0 Å². The average Bonchev–Trinajstić information content (AvgIpc) is 3.28. The second-order valence-electron chi connectivity index (χ2n) is 7.09. The number of nitrogens with zero attached hydrogens (tertiary/aromatic N) is 1. The number of likely N-dealkylation sites (tertiary alicyclic amines) is 1. The molecule has 2 aliphatic rings. The molecule has 2 aromatic carbocycles. The van der Waals surface area contributed by atoms with Crippen molar-refractivity contribution in [2.45, 2.75) is 31.5 Å². The quantitative estimate of drug-likeness (QED) is 0.592. The van der Waals surface area contributed by atoms with Crippen molar-refractivity contribution in [3.63, 3.8) is 0 Å². The molecule has 27 heavy (non-hydrogen) atoms. The van der Waals surface area contributed by atoms with E-state index in [2.05, 4.69) is 0 Å². The van der Waals surface area contributed by atoms with Crippen LogP contribution in [-0.4, -0.2) is 16.7 Å². The number of benzene rings is 2. The summed E-state index contributed by atoms with van der Waals surface area (Å²) in [4.78, 5) is 26.3. The smallest absolute Gasteiger partial charge is 0.278 e. The lowest BCUT2D eigenvalue weighted by molar-refractivity contribution is -0.141. The van der Waals surface area contributed by atoms with Crippen LogP contribution in [0, 0.1) is 11.2 Å². The largest absolute Gasteiger partial charge is 0.416 e. The Morgan fingerprint density at radius 3 is 2.41 bits per heavy atom. The summed E-state index contributed by atoms with van der Waals surface area (Å²) in [5.74, 6) is -2.27. The van der Waals surface area contributed by atoms with Crippen molar-refractivity contribution in [2.24, 2.45) is 5.41 Å². The van der Waals surface area contributed by atoms with E-state index in [1.54, 1.807) is 24.3 Å². The summed E-state index contributed by atoms with van der Waals surface area (Å²) in [6.45, 7) is 0.141. The van der Waals surface area contributed by atoms with Crippen molar-refractivity contribution in [3.05, 3.63) is 71.0 Å². The van der Waals surface area contributed by atoms with Gasteiger partial charge in [-0.05, 0) is 29.7 Å². The minimum atomic E-state index is -4.63. The fourth-order valence-corrected chi connectivity index (χ4v) is 3.88. The zero-order chi connectivity index (χ0) is 19.4. The maximum atomic E-state index is 14.3. The molecule has 0 unspecified atom stereocenters. The predicted octanol–water partition coefficient (Wildman–Crippen LogP) is 4.28. The summed E-state index contributed by atoms with van der Waals surface area (Å²) < 4.78 is 52.4. The summed E-state index contributed by atoms with van der Waals surface area (Å²) in [5.41, 5.74) is -1.23. The second-order valence-corrected chi connectivity index (χ2v) is 7.09. The lowest BCUT2D eigenvalue weighted by atomic mass is 9.96. The molecule has 4 rings (SSSR count). The molecule has 7 heteroatoms. The van der Waals surface area contributed by atoms with Crippen LogP contribution in [0.2, 0.25) is 0 Å². The van der Waals surface area contributed by atoms with E-state index in [0.29, 0.717) is 6.07 Å². The third-order valence-electron chi connectivity index (χ3n) is 5.40. The van der Waals surface area contributed by atoms with E-state index >= 15 is 0 Å². The average molecular weight is 377 g/mol. The number of alkyl halides is 3. The number of halogens is 4. The van der Waals surface area contributed by atoms with Gasteiger partial charge in [-0.1, -0.05) is 36.4 Å². The second kappa shape index (κ2) is 5.90. The number of hydrogen-bond donors (Lipinski definition) is 0. The molecule has 0 radical (unpaired) electrons. The molecule has 2 atom stereocenters. The van der Waals surface area contributed by atoms with E-state index in [9.17, 15) is 27.2 Å². The van der Waals surface area contributed by atoms with Gasteiger partial charge in [0.2, 0.25) is 11.8 Å². The molecule has 1 heterocycles. The molecule has 140 valence electrons. The van der Waals surface area contributed by atoms with Crippen molar-refractivity contribution in [2.75, 3.05) is 0 Å². The van der Waals surface area contributed by atoms with E-state index in [0.717, 1.165) is 22.6 Å². The molecule has 0 bridgehead atoms. The van der Waals surface area contributed by atoms with Crippen LogP contribution in [0.3, 0.4) is 0 Å².